The van der Waals surface area contributed by atoms with Crippen molar-refractivity contribution in [2.24, 2.45) is 5.92 Å². The Kier molecular flexibility index (Phi) is 6.58. The molecule has 1 aliphatic rings. The lowest BCUT2D eigenvalue weighted by molar-refractivity contribution is -0.384. The number of piperidine rings is 1. The number of nitro benzene ring substituents is 1. The molecule has 0 aliphatic carbocycles. The van der Waals surface area contributed by atoms with Crippen molar-refractivity contribution in [3.63, 3.8) is 0 Å². The fourth-order valence-corrected chi connectivity index (χ4v) is 3.93. The first kappa shape index (κ1) is 22.3. The summed E-state index contributed by atoms with van der Waals surface area (Å²) in [5.74, 6) is 1.63. The molecule has 170 valence electrons. The highest BCUT2D eigenvalue weighted by molar-refractivity contribution is 5.92. The van der Waals surface area contributed by atoms with E-state index in [1.54, 1.807) is 18.2 Å². The maximum absolute atomic E-state index is 12.9. The van der Waals surface area contributed by atoms with Crippen LogP contribution in [0.4, 0.5) is 17.3 Å². The van der Waals surface area contributed by atoms with Crippen LogP contribution in [0.5, 0.6) is 0 Å². The van der Waals surface area contributed by atoms with Crippen LogP contribution in [-0.2, 0) is 11.2 Å². The number of rotatable bonds is 6. The third-order valence-electron chi connectivity index (χ3n) is 5.72. The zero-order chi connectivity index (χ0) is 23.4. The molecule has 1 N–H and O–H groups in total. The number of nitrogens with zero attached hydrogens (tertiary/aromatic N) is 5. The minimum absolute atomic E-state index is 0.0265. The van der Waals surface area contributed by atoms with E-state index in [4.69, 9.17) is 4.98 Å². The van der Waals surface area contributed by atoms with Crippen molar-refractivity contribution in [3.05, 3.63) is 70.0 Å². The second-order valence-corrected chi connectivity index (χ2v) is 8.14. The van der Waals surface area contributed by atoms with Gasteiger partial charge in [0.05, 0.1) is 10.8 Å². The third kappa shape index (κ3) is 5.31. The van der Waals surface area contributed by atoms with Gasteiger partial charge in [-0.3, -0.25) is 14.9 Å². The van der Waals surface area contributed by atoms with Crippen LogP contribution in [0.1, 0.15) is 31.2 Å². The maximum Gasteiger partial charge on any atom is 0.269 e. The predicted molar refractivity (Wildman–Crippen MR) is 126 cm³/mol. The van der Waals surface area contributed by atoms with Gasteiger partial charge in [0.15, 0.2) is 5.82 Å². The van der Waals surface area contributed by atoms with Gasteiger partial charge in [0.2, 0.25) is 5.91 Å². The van der Waals surface area contributed by atoms with Gasteiger partial charge in [0.25, 0.3) is 5.69 Å². The predicted octanol–water partition coefficient (Wildman–Crippen LogP) is 4.17. The first-order valence-electron chi connectivity index (χ1n) is 11.0. The minimum atomic E-state index is -0.427. The van der Waals surface area contributed by atoms with Crippen LogP contribution in [0.3, 0.4) is 0 Å². The summed E-state index contributed by atoms with van der Waals surface area (Å²) < 4.78 is 0. The zero-order valence-corrected chi connectivity index (χ0v) is 18.7. The Morgan fingerprint density at radius 2 is 1.97 bits per heavy atom. The summed E-state index contributed by atoms with van der Waals surface area (Å²) in [5, 5.41) is 13.9. The Morgan fingerprint density at radius 3 is 2.67 bits per heavy atom. The quantitative estimate of drug-likeness (QED) is 0.446. The molecule has 1 atom stereocenters. The highest BCUT2D eigenvalue weighted by Gasteiger charge is 2.27. The molecule has 1 aliphatic heterocycles. The number of aryl methyl sites for hydroxylation is 2. The number of hydrogen-bond donors (Lipinski definition) is 1. The van der Waals surface area contributed by atoms with Crippen molar-refractivity contribution in [3.8, 4) is 11.4 Å². The van der Waals surface area contributed by atoms with Gasteiger partial charge in [-0.1, -0.05) is 13.0 Å². The van der Waals surface area contributed by atoms with Gasteiger partial charge in [-0.2, -0.15) is 0 Å². The summed E-state index contributed by atoms with van der Waals surface area (Å²) in [6, 6.07) is 13.8. The van der Waals surface area contributed by atoms with Crippen LogP contribution < -0.4 is 10.2 Å². The Balaban J connectivity index is 1.54. The number of amides is 1. The van der Waals surface area contributed by atoms with E-state index in [9.17, 15) is 14.9 Å². The molecule has 0 saturated carbocycles. The maximum atomic E-state index is 12.9. The summed E-state index contributed by atoms with van der Waals surface area (Å²) in [6.07, 6.45) is 2.40. The number of carbonyl (C=O) groups excluding carboxylic acids is 1. The first-order valence-corrected chi connectivity index (χ1v) is 11.0. The fourth-order valence-electron chi connectivity index (χ4n) is 3.93. The number of hydrogen-bond acceptors (Lipinski definition) is 7. The second-order valence-electron chi connectivity index (χ2n) is 8.14. The van der Waals surface area contributed by atoms with Crippen molar-refractivity contribution >= 4 is 23.2 Å². The lowest BCUT2D eigenvalue weighted by atomic mass is 9.97. The minimum Gasteiger partial charge on any atom is -0.356 e. The van der Waals surface area contributed by atoms with Gasteiger partial charge < -0.3 is 10.2 Å². The molecule has 1 unspecified atom stereocenters. The Labute approximate surface area is 192 Å². The fraction of sp³-hybridized carbons (Fsp3) is 0.333. The Morgan fingerprint density at radius 1 is 1.18 bits per heavy atom. The molecular formula is C24H26N6O3. The van der Waals surface area contributed by atoms with Gasteiger partial charge >= 0.3 is 0 Å². The first-order chi connectivity index (χ1) is 15.9. The normalized spacial score (nSPS) is 15.8. The second kappa shape index (κ2) is 9.72. The molecule has 1 aromatic carbocycles. The zero-order valence-electron chi connectivity index (χ0n) is 18.7. The van der Waals surface area contributed by atoms with E-state index in [1.165, 1.54) is 12.1 Å². The summed E-state index contributed by atoms with van der Waals surface area (Å²) in [5.41, 5.74) is 2.47. The number of non-ortho nitro benzene ring substituents is 1. The summed E-state index contributed by atoms with van der Waals surface area (Å²) in [4.78, 5) is 39.3. The van der Waals surface area contributed by atoms with E-state index in [-0.39, 0.29) is 17.5 Å². The molecule has 4 rings (SSSR count). The van der Waals surface area contributed by atoms with E-state index in [0.29, 0.717) is 23.8 Å². The molecule has 0 bridgehead atoms. The van der Waals surface area contributed by atoms with Crippen molar-refractivity contribution < 1.29 is 9.72 Å². The molecule has 3 aromatic rings. The molecule has 1 fully saturated rings. The number of benzene rings is 1. The summed E-state index contributed by atoms with van der Waals surface area (Å²) in [6.45, 7) is 5.26. The molecule has 9 nitrogen and oxygen atoms in total. The van der Waals surface area contributed by atoms with E-state index in [0.717, 1.165) is 43.0 Å². The monoisotopic (exact) mass is 446 g/mol. The lowest BCUT2D eigenvalue weighted by Gasteiger charge is -2.33. The van der Waals surface area contributed by atoms with Crippen LogP contribution in [0.25, 0.3) is 11.4 Å². The number of aromatic nitrogens is 3. The lowest BCUT2D eigenvalue weighted by Crippen LogP contribution is -2.41. The number of carbonyl (C=O) groups is 1. The number of pyridine rings is 1. The molecule has 1 saturated heterocycles. The van der Waals surface area contributed by atoms with E-state index in [1.807, 2.05) is 32.0 Å². The van der Waals surface area contributed by atoms with Gasteiger partial charge in [-0.05, 0) is 50.5 Å². The van der Waals surface area contributed by atoms with E-state index >= 15 is 0 Å². The average Bonchev–Trinajstić information content (AvgIpc) is 2.84. The largest absolute Gasteiger partial charge is 0.356 e. The highest BCUT2D eigenvalue weighted by Crippen LogP contribution is 2.27. The smallest absolute Gasteiger partial charge is 0.269 e. The molecular weight excluding hydrogens is 420 g/mol. The van der Waals surface area contributed by atoms with Crippen LogP contribution >= 0.6 is 0 Å². The number of nitro groups is 1. The van der Waals surface area contributed by atoms with E-state index in [2.05, 4.69) is 20.2 Å². The van der Waals surface area contributed by atoms with Gasteiger partial charge in [-0.15, -0.1) is 0 Å². The van der Waals surface area contributed by atoms with Crippen molar-refractivity contribution in [2.45, 2.75) is 33.1 Å². The molecule has 33 heavy (non-hydrogen) atoms. The summed E-state index contributed by atoms with van der Waals surface area (Å²) >= 11 is 0. The molecule has 0 spiro atoms. The Hall–Kier alpha value is -3.88. The Bertz CT molecular complexity index is 1170. The van der Waals surface area contributed by atoms with Crippen molar-refractivity contribution in [2.75, 3.05) is 23.3 Å². The van der Waals surface area contributed by atoms with Crippen molar-refractivity contribution in [1.29, 1.82) is 0 Å². The van der Waals surface area contributed by atoms with Crippen LogP contribution in [0.15, 0.2) is 48.5 Å². The van der Waals surface area contributed by atoms with Crippen LogP contribution in [0, 0.1) is 23.0 Å². The summed E-state index contributed by atoms with van der Waals surface area (Å²) in [7, 11) is 0. The topological polar surface area (TPSA) is 114 Å². The molecule has 2 aromatic heterocycles. The van der Waals surface area contributed by atoms with Gasteiger partial charge in [0.1, 0.15) is 11.6 Å². The van der Waals surface area contributed by atoms with E-state index < -0.39 is 4.92 Å². The standard InChI is InChI=1S/C24H26N6O3/c1-3-19-14-22(28-23(26-19)17-9-11-20(12-10-17)30(32)33)29-13-5-7-18(15-29)24(31)27-21-8-4-6-16(2)25-21/h4,6,8-12,14,18H,3,5,7,13,15H2,1-2H3,(H,25,27,31). The molecule has 9 heteroatoms. The van der Waals surface area contributed by atoms with Gasteiger partial charge in [0, 0.05) is 48.2 Å². The molecule has 1 amide bonds. The number of anilines is 2. The molecule has 0 radical (unpaired) electrons. The SMILES string of the molecule is CCc1cc(N2CCCC(C(=O)Nc3cccc(C)n3)C2)nc(-c2ccc([N+](=O)[O-])cc2)n1. The van der Waals surface area contributed by atoms with Gasteiger partial charge in [-0.25, -0.2) is 15.0 Å². The molecule has 3 heterocycles. The van der Waals surface area contributed by atoms with Crippen LogP contribution in [0.2, 0.25) is 0 Å². The van der Waals surface area contributed by atoms with Crippen molar-refractivity contribution in [1.82, 2.24) is 15.0 Å². The number of nitrogens with one attached hydrogen (secondary N) is 1. The highest BCUT2D eigenvalue weighted by atomic mass is 16.6. The average molecular weight is 447 g/mol. The van der Waals surface area contributed by atoms with Crippen LogP contribution in [-0.4, -0.2) is 38.9 Å². The third-order valence-corrected chi connectivity index (χ3v) is 5.72.